The summed E-state index contributed by atoms with van der Waals surface area (Å²) in [4.78, 5) is 48.1. The van der Waals surface area contributed by atoms with Gasteiger partial charge in [0.25, 0.3) is 17.4 Å². The Hall–Kier alpha value is -4.18. The molecule has 0 radical (unpaired) electrons. The van der Waals surface area contributed by atoms with Gasteiger partial charge in [0.15, 0.2) is 4.80 Å². The smallest absolute Gasteiger partial charge is 0.271 e. The van der Waals surface area contributed by atoms with Crippen LogP contribution in [0, 0.1) is 6.92 Å². The van der Waals surface area contributed by atoms with Gasteiger partial charge >= 0.3 is 0 Å². The number of nitrogens with one attached hydrogen (secondary N) is 1. The van der Waals surface area contributed by atoms with Crippen molar-refractivity contribution in [1.29, 1.82) is 0 Å². The van der Waals surface area contributed by atoms with Gasteiger partial charge in [-0.05, 0) is 58.0 Å². The van der Waals surface area contributed by atoms with Crippen LogP contribution in [0.5, 0.6) is 11.5 Å². The van der Waals surface area contributed by atoms with E-state index in [0.29, 0.717) is 63.0 Å². The van der Waals surface area contributed by atoms with Gasteiger partial charge in [0, 0.05) is 29.9 Å². The second-order valence-corrected chi connectivity index (χ2v) is 10.3. The molecule has 0 saturated heterocycles. The highest BCUT2D eigenvalue weighted by molar-refractivity contribution is 7.07. The molecule has 1 aromatic heterocycles. The Bertz CT molecular complexity index is 1730. The molecule has 3 heterocycles. The molecule has 0 bridgehead atoms. The predicted octanol–water partition coefficient (Wildman–Crippen LogP) is 2.75. The third-order valence-corrected chi connectivity index (χ3v) is 8.21. The van der Waals surface area contributed by atoms with Crippen molar-refractivity contribution in [1.82, 2.24) is 9.47 Å². The summed E-state index contributed by atoms with van der Waals surface area (Å²) < 4.78 is 13.0. The summed E-state index contributed by atoms with van der Waals surface area (Å²) in [5.74, 6) is 0.498. The number of hydrogen-bond acceptors (Lipinski definition) is 7. The first-order valence-corrected chi connectivity index (χ1v) is 13.5. The van der Waals surface area contributed by atoms with E-state index in [1.807, 2.05) is 39.0 Å². The number of carbonyl (C=O) groups is 2. The van der Waals surface area contributed by atoms with Gasteiger partial charge in [-0.3, -0.25) is 19.0 Å². The molecule has 2 aliphatic heterocycles. The molecular formula is C29H30N4O5S. The van der Waals surface area contributed by atoms with Crippen LogP contribution in [-0.4, -0.2) is 48.6 Å². The van der Waals surface area contributed by atoms with E-state index >= 15 is 0 Å². The first kappa shape index (κ1) is 26.4. The van der Waals surface area contributed by atoms with Crippen LogP contribution in [0.3, 0.4) is 0 Å². The first-order valence-electron chi connectivity index (χ1n) is 12.7. The fraction of sp³-hybridized carbons (Fsp3) is 0.310. The van der Waals surface area contributed by atoms with Crippen LogP contribution in [0.4, 0.5) is 5.69 Å². The molecule has 0 fully saturated rings. The monoisotopic (exact) mass is 546 g/mol. The van der Waals surface area contributed by atoms with E-state index < -0.39 is 11.6 Å². The summed E-state index contributed by atoms with van der Waals surface area (Å²) in [6.45, 7) is 8.53. The Kier molecular flexibility index (Phi) is 6.90. The summed E-state index contributed by atoms with van der Waals surface area (Å²) in [7, 11) is 3.10. The second-order valence-electron chi connectivity index (χ2n) is 9.37. The maximum Gasteiger partial charge on any atom is 0.271 e. The lowest BCUT2D eigenvalue weighted by atomic mass is 9.93. The Morgan fingerprint density at radius 1 is 1.08 bits per heavy atom. The number of anilines is 1. The van der Waals surface area contributed by atoms with Crippen molar-refractivity contribution in [2.24, 2.45) is 4.99 Å². The van der Waals surface area contributed by atoms with Gasteiger partial charge < -0.3 is 19.7 Å². The van der Waals surface area contributed by atoms with Crippen LogP contribution in [0.2, 0.25) is 0 Å². The summed E-state index contributed by atoms with van der Waals surface area (Å²) in [6.07, 6.45) is 0. The summed E-state index contributed by atoms with van der Waals surface area (Å²) >= 11 is 1.15. The zero-order valence-corrected chi connectivity index (χ0v) is 23.6. The molecule has 0 unspecified atom stereocenters. The van der Waals surface area contributed by atoms with Crippen LogP contribution >= 0.6 is 11.3 Å². The summed E-state index contributed by atoms with van der Waals surface area (Å²) in [5, 5.41) is 2.87. The number of aryl methyl sites for hydroxylation is 1. The minimum absolute atomic E-state index is 0.214. The molecule has 0 spiro atoms. The van der Waals surface area contributed by atoms with Gasteiger partial charge in [-0.1, -0.05) is 23.0 Å². The van der Waals surface area contributed by atoms with Gasteiger partial charge in [0.1, 0.15) is 22.1 Å². The zero-order valence-electron chi connectivity index (χ0n) is 22.7. The summed E-state index contributed by atoms with van der Waals surface area (Å²) in [5.41, 5.74) is 3.69. The van der Waals surface area contributed by atoms with E-state index in [1.54, 1.807) is 44.2 Å². The highest BCUT2D eigenvalue weighted by Crippen LogP contribution is 2.38. The average molecular weight is 547 g/mol. The molecule has 1 N–H and O–H groups in total. The predicted molar refractivity (Wildman–Crippen MR) is 150 cm³/mol. The van der Waals surface area contributed by atoms with Crippen molar-refractivity contribution >= 4 is 34.4 Å². The number of likely N-dealkylation sites (N-methyl/N-ethyl adjacent to an activating group) is 1. The number of methoxy groups -OCH3 is 2. The van der Waals surface area contributed by atoms with Crippen LogP contribution in [0.25, 0.3) is 5.57 Å². The molecule has 10 heteroatoms. The molecule has 202 valence electrons. The molecule has 5 rings (SSSR count). The fourth-order valence-electron chi connectivity index (χ4n) is 5.18. The fourth-order valence-corrected chi connectivity index (χ4v) is 6.32. The maximum absolute atomic E-state index is 14.3. The number of aromatic nitrogens is 1. The molecular weight excluding hydrogens is 516 g/mol. The van der Waals surface area contributed by atoms with Crippen molar-refractivity contribution in [3.8, 4) is 11.5 Å². The third kappa shape index (κ3) is 4.24. The Balaban J connectivity index is 1.86. The van der Waals surface area contributed by atoms with Crippen molar-refractivity contribution in [3.05, 3.63) is 84.0 Å². The number of allylic oxidation sites excluding steroid dienone is 1. The normalized spacial score (nSPS) is 17.3. The van der Waals surface area contributed by atoms with E-state index in [4.69, 9.17) is 14.5 Å². The van der Waals surface area contributed by atoms with Crippen LogP contribution in [-0.2, 0) is 9.59 Å². The minimum atomic E-state index is -0.838. The number of amides is 2. The quantitative estimate of drug-likeness (QED) is 0.512. The highest BCUT2D eigenvalue weighted by atomic mass is 32.1. The van der Waals surface area contributed by atoms with Crippen LogP contribution in [0.1, 0.15) is 43.5 Å². The SMILES string of the molecule is CCN(CC)C(=O)C1=C(C)N=c2s/c(=C3/C(=O)Nc4ccc(C)cc43)c(=O)n2[C@H]1c1cc(OC)ccc1OC. The molecule has 3 aromatic rings. The van der Waals surface area contributed by atoms with E-state index in [1.165, 1.54) is 4.57 Å². The Morgan fingerprint density at radius 3 is 2.49 bits per heavy atom. The zero-order chi connectivity index (χ0) is 28.0. The highest BCUT2D eigenvalue weighted by Gasteiger charge is 2.37. The molecule has 39 heavy (non-hydrogen) atoms. The minimum Gasteiger partial charge on any atom is -0.497 e. The molecule has 1 atom stereocenters. The topological polar surface area (TPSA) is 102 Å². The number of ether oxygens (including phenoxy) is 2. The van der Waals surface area contributed by atoms with Gasteiger partial charge in [0.2, 0.25) is 0 Å². The van der Waals surface area contributed by atoms with Crippen molar-refractivity contribution in [3.63, 3.8) is 0 Å². The van der Waals surface area contributed by atoms with E-state index in [2.05, 4.69) is 5.32 Å². The number of carbonyl (C=O) groups excluding carboxylic acids is 2. The first-order chi connectivity index (χ1) is 18.7. The number of nitrogens with zero attached hydrogens (tertiary/aromatic N) is 3. The molecule has 2 amide bonds. The lowest BCUT2D eigenvalue weighted by Gasteiger charge is -2.30. The maximum atomic E-state index is 14.3. The van der Waals surface area contributed by atoms with E-state index in [-0.39, 0.29) is 16.3 Å². The summed E-state index contributed by atoms with van der Waals surface area (Å²) in [6, 6.07) is 10.1. The lowest BCUT2D eigenvalue weighted by molar-refractivity contribution is -0.127. The largest absolute Gasteiger partial charge is 0.497 e. The number of benzene rings is 2. The molecule has 9 nitrogen and oxygen atoms in total. The van der Waals surface area contributed by atoms with Crippen LogP contribution < -0.4 is 29.7 Å². The second kappa shape index (κ2) is 10.2. The number of rotatable bonds is 6. The van der Waals surface area contributed by atoms with Gasteiger partial charge in [-0.2, -0.15) is 0 Å². The van der Waals surface area contributed by atoms with Crippen molar-refractivity contribution in [2.45, 2.75) is 33.7 Å². The average Bonchev–Trinajstić information content (AvgIpc) is 3.42. The molecule has 0 aliphatic carbocycles. The number of thiazole rings is 1. The standard InChI is InChI=1S/C29H30N4O5S/c1-7-32(8-2)27(35)22-16(4)30-29-33(24(22)19-14-17(37-5)10-12-21(19)38-6)28(36)25(39-29)23-18-13-15(3)9-11-20(18)31-26(23)34/h9-14,24H,7-8H2,1-6H3,(H,31,34)/b25-23+/t24-/m0/s1. The van der Waals surface area contributed by atoms with Gasteiger partial charge in [-0.15, -0.1) is 0 Å². The van der Waals surface area contributed by atoms with Crippen molar-refractivity contribution < 1.29 is 19.1 Å². The molecule has 0 saturated carbocycles. The number of fused-ring (bicyclic) bond motifs is 2. The Labute approximate surface area is 229 Å². The molecule has 2 aromatic carbocycles. The van der Waals surface area contributed by atoms with Crippen molar-refractivity contribution in [2.75, 3.05) is 32.6 Å². The third-order valence-electron chi connectivity index (χ3n) is 7.16. The van der Waals surface area contributed by atoms with Gasteiger partial charge in [0.05, 0.1) is 31.1 Å². The van der Waals surface area contributed by atoms with E-state index in [0.717, 1.165) is 16.9 Å². The Morgan fingerprint density at radius 2 is 1.82 bits per heavy atom. The van der Waals surface area contributed by atoms with E-state index in [9.17, 15) is 14.4 Å². The number of hydrogen-bond donors (Lipinski definition) is 1. The van der Waals surface area contributed by atoms with Crippen LogP contribution in [0.15, 0.2) is 57.5 Å². The lowest BCUT2D eigenvalue weighted by Crippen LogP contribution is -2.43. The molecule has 2 aliphatic rings. The van der Waals surface area contributed by atoms with Gasteiger partial charge in [-0.25, -0.2) is 4.99 Å².